The van der Waals surface area contributed by atoms with Gasteiger partial charge in [-0.2, -0.15) is 0 Å². The van der Waals surface area contributed by atoms with Crippen LogP contribution in [0.25, 0.3) is 0 Å². The van der Waals surface area contributed by atoms with Crippen molar-refractivity contribution < 1.29 is 22.8 Å². The predicted octanol–water partition coefficient (Wildman–Crippen LogP) is 3.69. The molecule has 0 bridgehead atoms. The largest absolute Gasteiger partial charge is 0.337 e. The Kier molecular flexibility index (Phi) is 4.97. The van der Waals surface area contributed by atoms with Crippen molar-refractivity contribution in [1.29, 1.82) is 0 Å². The maximum atomic E-state index is 13.5. The Balaban J connectivity index is 2.35. The SMILES string of the molecule is COP(=O)(CC(=O)C1(c2cccc(F)c2)CCCC1)OC. The van der Waals surface area contributed by atoms with Crippen LogP contribution in [0.4, 0.5) is 4.39 Å². The fourth-order valence-electron chi connectivity index (χ4n) is 3.02. The standard InChI is InChI=1S/C15H20FO4P/c1-19-21(18,20-2)11-14(17)15(8-3-4-9-15)12-6-5-7-13(16)10-12/h5-7,10H,3-4,8-9,11H2,1-2H3. The second kappa shape index (κ2) is 6.39. The second-order valence-electron chi connectivity index (χ2n) is 5.36. The van der Waals surface area contributed by atoms with Crippen LogP contribution < -0.4 is 0 Å². The molecule has 116 valence electrons. The van der Waals surface area contributed by atoms with Gasteiger partial charge >= 0.3 is 7.60 Å². The Morgan fingerprint density at radius 2 is 1.90 bits per heavy atom. The quantitative estimate of drug-likeness (QED) is 0.751. The zero-order valence-electron chi connectivity index (χ0n) is 12.3. The van der Waals surface area contributed by atoms with E-state index in [4.69, 9.17) is 9.05 Å². The predicted molar refractivity (Wildman–Crippen MR) is 78.0 cm³/mol. The topological polar surface area (TPSA) is 52.6 Å². The van der Waals surface area contributed by atoms with Gasteiger partial charge in [-0.1, -0.05) is 25.0 Å². The monoisotopic (exact) mass is 314 g/mol. The first kappa shape index (κ1) is 16.3. The summed E-state index contributed by atoms with van der Waals surface area (Å²) in [6.07, 6.45) is 2.79. The van der Waals surface area contributed by atoms with Crippen LogP contribution in [0.15, 0.2) is 24.3 Å². The van der Waals surface area contributed by atoms with Crippen molar-refractivity contribution in [2.45, 2.75) is 31.1 Å². The van der Waals surface area contributed by atoms with Crippen molar-refractivity contribution in [3.05, 3.63) is 35.6 Å². The van der Waals surface area contributed by atoms with Crippen LogP contribution in [-0.2, 0) is 23.8 Å². The van der Waals surface area contributed by atoms with Crippen LogP contribution in [0.1, 0.15) is 31.2 Å². The molecule has 0 saturated heterocycles. The van der Waals surface area contributed by atoms with Gasteiger partial charge in [0.15, 0.2) is 5.78 Å². The fourth-order valence-corrected chi connectivity index (χ4v) is 4.09. The summed E-state index contributed by atoms with van der Waals surface area (Å²) in [4.78, 5) is 12.8. The van der Waals surface area contributed by atoms with Crippen LogP contribution in [0, 0.1) is 5.82 Å². The van der Waals surface area contributed by atoms with Gasteiger partial charge in [0.25, 0.3) is 0 Å². The van der Waals surface area contributed by atoms with Crippen molar-refractivity contribution in [2.24, 2.45) is 0 Å². The van der Waals surface area contributed by atoms with Gasteiger partial charge in [0, 0.05) is 14.2 Å². The Morgan fingerprint density at radius 1 is 1.29 bits per heavy atom. The van der Waals surface area contributed by atoms with Crippen molar-refractivity contribution >= 4 is 13.4 Å². The molecule has 1 aliphatic carbocycles. The number of Topliss-reactive ketones (excluding diaryl/α,β-unsaturated/α-hetero) is 1. The molecule has 0 amide bonds. The Labute approximate surface area is 124 Å². The van der Waals surface area contributed by atoms with E-state index in [1.165, 1.54) is 26.4 Å². The van der Waals surface area contributed by atoms with Gasteiger partial charge in [0.2, 0.25) is 0 Å². The second-order valence-corrected chi connectivity index (χ2v) is 7.63. The van der Waals surface area contributed by atoms with Gasteiger partial charge in [-0.15, -0.1) is 0 Å². The van der Waals surface area contributed by atoms with E-state index < -0.39 is 13.0 Å². The van der Waals surface area contributed by atoms with E-state index in [9.17, 15) is 13.8 Å². The number of carbonyl (C=O) groups is 1. The summed E-state index contributed by atoms with van der Waals surface area (Å²) < 4.78 is 35.4. The van der Waals surface area contributed by atoms with Gasteiger partial charge in [-0.25, -0.2) is 4.39 Å². The maximum Gasteiger partial charge on any atom is 0.337 e. The van der Waals surface area contributed by atoms with Gasteiger partial charge in [-0.3, -0.25) is 9.36 Å². The molecule has 21 heavy (non-hydrogen) atoms. The minimum Gasteiger partial charge on any atom is -0.312 e. The number of hydrogen-bond acceptors (Lipinski definition) is 4. The van der Waals surface area contributed by atoms with E-state index >= 15 is 0 Å². The minimum atomic E-state index is -3.41. The van der Waals surface area contributed by atoms with Gasteiger partial charge in [0.05, 0.1) is 5.41 Å². The molecule has 0 atom stereocenters. The Morgan fingerprint density at radius 3 is 2.43 bits per heavy atom. The first-order chi connectivity index (χ1) is 9.96. The highest BCUT2D eigenvalue weighted by molar-refractivity contribution is 7.54. The molecule has 0 aromatic heterocycles. The van der Waals surface area contributed by atoms with Gasteiger partial charge < -0.3 is 9.05 Å². The van der Waals surface area contributed by atoms with Crippen LogP contribution in [0.2, 0.25) is 0 Å². The molecule has 0 aliphatic heterocycles. The molecule has 1 aromatic rings. The number of rotatable bonds is 6. The number of carbonyl (C=O) groups excluding carboxylic acids is 1. The van der Waals surface area contributed by atoms with E-state index in [0.29, 0.717) is 18.4 Å². The number of hydrogen-bond donors (Lipinski definition) is 0. The van der Waals surface area contributed by atoms with Crippen molar-refractivity contribution in [2.75, 3.05) is 20.4 Å². The van der Waals surface area contributed by atoms with Crippen LogP contribution >= 0.6 is 7.60 Å². The highest BCUT2D eigenvalue weighted by atomic mass is 31.2. The molecule has 0 radical (unpaired) electrons. The molecule has 0 unspecified atom stereocenters. The summed E-state index contributed by atoms with van der Waals surface area (Å²) in [5.41, 5.74) is -0.113. The van der Waals surface area contributed by atoms with Crippen LogP contribution in [0.5, 0.6) is 0 Å². The third-order valence-electron chi connectivity index (χ3n) is 4.26. The Hall–Kier alpha value is -1.03. The molecule has 1 fully saturated rings. The summed E-state index contributed by atoms with van der Waals surface area (Å²) in [7, 11) is -0.878. The minimum absolute atomic E-state index is 0.197. The first-order valence-electron chi connectivity index (χ1n) is 6.96. The molecule has 2 rings (SSSR count). The third kappa shape index (κ3) is 3.25. The van der Waals surface area contributed by atoms with Gasteiger partial charge in [-0.05, 0) is 30.5 Å². The van der Waals surface area contributed by atoms with Crippen LogP contribution in [0.3, 0.4) is 0 Å². The lowest BCUT2D eigenvalue weighted by Crippen LogP contribution is -2.35. The molecular formula is C15H20FO4P. The highest BCUT2D eigenvalue weighted by Crippen LogP contribution is 2.50. The van der Waals surface area contributed by atoms with E-state index in [0.717, 1.165) is 12.8 Å². The van der Waals surface area contributed by atoms with Crippen molar-refractivity contribution in [1.82, 2.24) is 0 Å². The average molecular weight is 314 g/mol. The summed E-state index contributed by atoms with van der Waals surface area (Å²) in [6.45, 7) is 0. The van der Waals surface area contributed by atoms with E-state index in [-0.39, 0.29) is 17.8 Å². The molecule has 0 heterocycles. The summed E-state index contributed by atoms with van der Waals surface area (Å²) in [5.74, 6) is -0.564. The molecule has 0 spiro atoms. The molecule has 4 nitrogen and oxygen atoms in total. The van der Waals surface area contributed by atoms with Crippen molar-refractivity contribution in [3.8, 4) is 0 Å². The average Bonchev–Trinajstić information content (AvgIpc) is 2.98. The smallest absolute Gasteiger partial charge is 0.312 e. The molecule has 1 aromatic carbocycles. The molecule has 0 N–H and O–H groups in total. The lowest BCUT2D eigenvalue weighted by Gasteiger charge is -2.29. The number of ketones is 1. The van der Waals surface area contributed by atoms with Crippen molar-refractivity contribution in [3.63, 3.8) is 0 Å². The normalized spacial score (nSPS) is 17.9. The zero-order chi connectivity index (χ0) is 15.5. The lowest BCUT2D eigenvalue weighted by atomic mass is 9.76. The fraction of sp³-hybridized carbons (Fsp3) is 0.533. The zero-order valence-corrected chi connectivity index (χ0v) is 13.2. The highest BCUT2D eigenvalue weighted by Gasteiger charge is 2.45. The number of benzene rings is 1. The molecule has 6 heteroatoms. The molecule has 1 aliphatic rings. The maximum absolute atomic E-state index is 13.5. The third-order valence-corrected chi connectivity index (χ3v) is 6.05. The lowest BCUT2D eigenvalue weighted by molar-refractivity contribution is -0.122. The summed E-state index contributed by atoms with van der Waals surface area (Å²) >= 11 is 0. The van der Waals surface area contributed by atoms with E-state index in [1.54, 1.807) is 12.1 Å². The van der Waals surface area contributed by atoms with E-state index in [2.05, 4.69) is 0 Å². The van der Waals surface area contributed by atoms with Crippen LogP contribution in [-0.4, -0.2) is 26.2 Å². The summed E-state index contributed by atoms with van der Waals surface area (Å²) in [6, 6.07) is 6.11. The first-order valence-corrected chi connectivity index (χ1v) is 8.68. The molecular weight excluding hydrogens is 294 g/mol. The summed E-state index contributed by atoms with van der Waals surface area (Å²) in [5, 5.41) is 0. The molecule has 1 saturated carbocycles. The number of halogens is 1. The van der Waals surface area contributed by atoms with Gasteiger partial charge in [0.1, 0.15) is 12.0 Å². The Bertz CT molecular complexity index is 559. The van der Waals surface area contributed by atoms with E-state index in [1.807, 2.05) is 0 Å².